The molecule has 0 saturated heterocycles. The van der Waals surface area contributed by atoms with Crippen LogP contribution in [-0.4, -0.2) is 28.9 Å². The second-order valence-corrected chi connectivity index (χ2v) is 5.28. The van der Waals surface area contributed by atoms with Crippen LogP contribution in [0.3, 0.4) is 0 Å². The number of methoxy groups -OCH3 is 2. The highest BCUT2D eigenvalue weighted by Crippen LogP contribution is 2.24. The van der Waals surface area contributed by atoms with E-state index < -0.39 is 7.04 Å². The first kappa shape index (κ1) is 11.3. The summed E-state index contributed by atoms with van der Waals surface area (Å²) in [6.07, 6.45) is 1.47. The summed E-state index contributed by atoms with van der Waals surface area (Å²) in [6, 6.07) is 11.8. The number of rotatable bonds is 3. The maximum Gasteiger partial charge on any atom is 0.280 e. The zero-order valence-electron chi connectivity index (χ0n) is 15.7. The molecule has 0 bridgehead atoms. The van der Waals surface area contributed by atoms with Crippen molar-refractivity contribution >= 4 is 21.8 Å². The van der Waals surface area contributed by atoms with E-state index >= 15 is 0 Å². The minimum absolute atomic E-state index is 0.186. The quantitative estimate of drug-likeness (QED) is 0.629. The Labute approximate surface area is 141 Å². The summed E-state index contributed by atoms with van der Waals surface area (Å²) in [5, 5.41) is 4.22. The lowest BCUT2D eigenvalue weighted by Crippen LogP contribution is -2.14. The van der Waals surface area contributed by atoms with Crippen molar-refractivity contribution in [3.05, 3.63) is 59.0 Å². The second kappa shape index (κ2) is 5.42. The van der Waals surface area contributed by atoms with E-state index in [1.165, 1.54) is 16.9 Å². The van der Waals surface area contributed by atoms with Gasteiger partial charge in [0.25, 0.3) is 5.56 Å². The molecule has 0 aliphatic carbocycles. The lowest BCUT2D eigenvalue weighted by Gasteiger charge is -2.03. The second-order valence-electron chi connectivity index (χ2n) is 5.28. The van der Waals surface area contributed by atoms with Crippen molar-refractivity contribution in [1.29, 1.82) is 0 Å². The molecule has 0 atom stereocenters. The molecule has 4 aromatic rings. The number of aromatic nitrogens is 3. The molecule has 0 amide bonds. The monoisotopic (exact) mass is 324 g/mol. The van der Waals surface area contributed by atoms with E-state index in [9.17, 15) is 4.79 Å². The molecule has 0 spiro atoms. The molecule has 0 fully saturated rings. The first-order valence-electron chi connectivity index (χ1n) is 8.73. The van der Waals surface area contributed by atoms with Gasteiger partial charge in [-0.2, -0.15) is 0 Å². The summed E-state index contributed by atoms with van der Waals surface area (Å²) in [4.78, 5) is 17.0. The van der Waals surface area contributed by atoms with Gasteiger partial charge in [-0.25, -0.2) is 4.68 Å². The summed E-state index contributed by atoms with van der Waals surface area (Å²) < 4.78 is 33.1. The molecule has 120 valence electrons. The van der Waals surface area contributed by atoms with Crippen molar-refractivity contribution < 1.29 is 13.6 Å². The normalized spacial score (nSPS) is 13.5. The van der Waals surface area contributed by atoms with Gasteiger partial charge in [-0.05, 0) is 36.4 Å². The highest BCUT2D eigenvalue weighted by molar-refractivity contribution is 6.03. The molecule has 0 saturated carbocycles. The average molecular weight is 324 g/mol. The maximum atomic E-state index is 12.7. The fourth-order valence-electron chi connectivity index (χ4n) is 2.72. The van der Waals surface area contributed by atoms with Crippen molar-refractivity contribution in [2.75, 3.05) is 14.1 Å². The van der Waals surface area contributed by atoms with Gasteiger partial charge in [0.1, 0.15) is 11.5 Å². The Morgan fingerprint density at radius 3 is 2.62 bits per heavy atom. The molecule has 0 unspecified atom stereocenters. The summed E-state index contributed by atoms with van der Waals surface area (Å²) in [5.41, 5.74) is 1.56. The van der Waals surface area contributed by atoms with Crippen LogP contribution in [0.25, 0.3) is 27.5 Å². The smallest absolute Gasteiger partial charge is 0.280 e. The Morgan fingerprint density at radius 2 is 1.88 bits per heavy atom. The molecule has 4 rings (SSSR count). The Kier molecular flexibility index (Phi) is 2.55. The number of pyridine rings is 1. The minimum Gasteiger partial charge on any atom is -0.497 e. The standard InChI is InChI=1S/C18H15N3O3/c1-23-12-5-3-11(4-6-12)21-18(22)15-10-19-16-9-13(24-2)7-8-14(16)17(15)20-21/h3-10,20H,1-2H3/i2D3. The van der Waals surface area contributed by atoms with Gasteiger partial charge in [-0.3, -0.25) is 14.9 Å². The molecule has 6 nitrogen and oxygen atoms in total. The topological polar surface area (TPSA) is 69.1 Å². The fraction of sp³-hybridized carbons (Fsp3) is 0.111. The van der Waals surface area contributed by atoms with Gasteiger partial charge in [0.15, 0.2) is 0 Å². The van der Waals surface area contributed by atoms with E-state index in [1.807, 2.05) is 0 Å². The molecule has 24 heavy (non-hydrogen) atoms. The number of H-pyrrole nitrogens is 1. The Bertz CT molecular complexity index is 1190. The third-order valence-electron chi connectivity index (χ3n) is 3.95. The number of fused-ring (bicyclic) bond motifs is 3. The first-order chi connectivity index (χ1) is 12.9. The van der Waals surface area contributed by atoms with E-state index in [-0.39, 0.29) is 11.3 Å². The molecule has 0 radical (unpaired) electrons. The lowest BCUT2D eigenvalue weighted by molar-refractivity contribution is 0.414. The SMILES string of the molecule is [2H]C([2H])([2H])Oc1ccc2c(c1)ncc1c(=O)n(-c3ccc(OC)cc3)[nH]c12. The highest BCUT2D eigenvalue weighted by atomic mass is 16.5. The number of hydrogen-bond acceptors (Lipinski definition) is 4. The van der Waals surface area contributed by atoms with Gasteiger partial charge >= 0.3 is 0 Å². The van der Waals surface area contributed by atoms with Gasteiger partial charge in [0.2, 0.25) is 0 Å². The van der Waals surface area contributed by atoms with Gasteiger partial charge in [0.05, 0.1) is 40.4 Å². The minimum atomic E-state index is -2.54. The molecule has 2 aromatic heterocycles. The average Bonchev–Trinajstić information content (AvgIpc) is 2.97. The molecule has 1 N–H and O–H groups in total. The molecular weight excluding hydrogens is 306 g/mol. The molecule has 0 aliphatic rings. The van der Waals surface area contributed by atoms with Crippen LogP contribution < -0.4 is 15.0 Å². The van der Waals surface area contributed by atoms with Gasteiger partial charge in [-0.15, -0.1) is 0 Å². The predicted molar refractivity (Wildman–Crippen MR) is 92.3 cm³/mol. The lowest BCUT2D eigenvalue weighted by atomic mass is 10.1. The zero-order valence-corrected chi connectivity index (χ0v) is 12.7. The molecular formula is C18H15N3O3. The van der Waals surface area contributed by atoms with Crippen molar-refractivity contribution in [3.63, 3.8) is 0 Å². The number of benzene rings is 2. The van der Waals surface area contributed by atoms with Crippen LogP contribution in [0.15, 0.2) is 53.5 Å². The Morgan fingerprint density at radius 1 is 1.08 bits per heavy atom. The van der Waals surface area contributed by atoms with E-state index in [2.05, 4.69) is 10.1 Å². The predicted octanol–water partition coefficient (Wildman–Crippen LogP) is 2.88. The number of nitrogens with one attached hydrogen (secondary N) is 1. The van der Waals surface area contributed by atoms with Gasteiger partial charge in [-0.1, -0.05) is 0 Å². The van der Waals surface area contributed by atoms with Crippen molar-refractivity contribution in [3.8, 4) is 17.2 Å². The largest absolute Gasteiger partial charge is 0.497 e. The summed E-state index contributed by atoms with van der Waals surface area (Å²) in [5.74, 6) is 0.878. The number of nitrogens with zero attached hydrogens (tertiary/aromatic N) is 2. The summed E-state index contributed by atoms with van der Waals surface area (Å²) in [6.45, 7) is 0. The molecule has 2 aromatic carbocycles. The number of ether oxygens (including phenoxy) is 2. The summed E-state index contributed by atoms with van der Waals surface area (Å²) >= 11 is 0. The van der Waals surface area contributed by atoms with Crippen LogP contribution in [-0.2, 0) is 0 Å². The number of aromatic amines is 1. The van der Waals surface area contributed by atoms with Crippen molar-refractivity contribution in [2.24, 2.45) is 0 Å². The first-order valence-corrected chi connectivity index (χ1v) is 7.23. The van der Waals surface area contributed by atoms with Crippen molar-refractivity contribution in [2.45, 2.75) is 0 Å². The third kappa shape index (κ3) is 2.11. The molecule has 2 heterocycles. The van der Waals surface area contributed by atoms with Crippen LogP contribution in [0.4, 0.5) is 0 Å². The maximum absolute atomic E-state index is 12.7. The third-order valence-corrected chi connectivity index (χ3v) is 3.95. The van der Waals surface area contributed by atoms with E-state index in [0.717, 1.165) is 0 Å². The highest BCUT2D eigenvalue weighted by Gasteiger charge is 2.12. The van der Waals surface area contributed by atoms with E-state index in [0.29, 0.717) is 33.2 Å². The fourth-order valence-corrected chi connectivity index (χ4v) is 2.72. The summed E-state index contributed by atoms with van der Waals surface area (Å²) in [7, 11) is -0.962. The van der Waals surface area contributed by atoms with Crippen LogP contribution in [0.2, 0.25) is 0 Å². The van der Waals surface area contributed by atoms with Crippen molar-refractivity contribution in [1.82, 2.24) is 14.8 Å². The van der Waals surface area contributed by atoms with Crippen LogP contribution >= 0.6 is 0 Å². The van der Waals surface area contributed by atoms with Gasteiger partial charge in [0, 0.05) is 17.6 Å². The molecule has 6 heteroatoms. The van der Waals surface area contributed by atoms with E-state index in [4.69, 9.17) is 13.6 Å². The Balaban J connectivity index is 1.85. The van der Waals surface area contributed by atoms with E-state index in [1.54, 1.807) is 43.5 Å². The van der Waals surface area contributed by atoms with Crippen LogP contribution in [0.1, 0.15) is 4.11 Å². The zero-order chi connectivity index (χ0) is 19.2. The molecule has 0 aliphatic heterocycles. The number of hydrogen-bond donors (Lipinski definition) is 1. The van der Waals surface area contributed by atoms with Gasteiger partial charge < -0.3 is 9.47 Å². The van der Waals surface area contributed by atoms with Crippen LogP contribution in [0, 0.1) is 0 Å². The Hall–Kier alpha value is -3.28. The van der Waals surface area contributed by atoms with Crippen LogP contribution in [0.5, 0.6) is 11.5 Å².